The van der Waals surface area contributed by atoms with Crippen LogP contribution in [0.5, 0.6) is 11.6 Å². The first-order valence-corrected chi connectivity index (χ1v) is 14.2. The molecule has 3 unspecified atom stereocenters. The number of pyridine rings is 1. The number of carbonyl (C=O) groups is 1. The van der Waals surface area contributed by atoms with Crippen LogP contribution in [0.2, 0.25) is 0 Å². The number of ether oxygens (including phenoxy) is 4. The highest BCUT2D eigenvalue weighted by molar-refractivity contribution is 5.96. The van der Waals surface area contributed by atoms with Crippen LogP contribution in [0.3, 0.4) is 0 Å². The number of imidazole rings is 1. The van der Waals surface area contributed by atoms with Gasteiger partial charge in [0.05, 0.1) is 44.5 Å². The van der Waals surface area contributed by atoms with E-state index in [9.17, 15) is 4.79 Å². The number of rotatable bonds is 10. The number of hydrogen-bond acceptors (Lipinski definition) is 8. The monoisotopic (exact) mass is 554 g/mol. The van der Waals surface area contributed by atoms with Gasteiger partial charge in [-0.05, 0) is 42.0 Å². The highest BCUT2D eigenvalue weighted by Crippen LogP contribution is 2.58. The van der Waals surface area contributed by atoms with Gasteiger partial charge in [-0.2, -0.15) is 0 Å². The number of likely N-dealkylation sites (tertiary alicyclic amines) is 1. The van der Waals surface area contributed by atoms with Crippen molar-refractivity contribution in [2.75, 3.05) is 33.9 Å². The molecule has 41 heavy (non-hydrogen) atoms. The van der Waals surface area contributed by atoms with Crippen LogP contribution in [0, 0.1) is 11.8 Å². The number of benzene rings is 2. The Bertz CT molecular complexity index is 1560. The average Bonchev–Trinajstić information content (AvgIpc) is 3.29. The lowest BCUT2D eigenvalue weighted by Crippen LogP contribution is -2.33. The minimum Gasteiger partial charge on any atom is -0.494 e. The first-order valence-electron chi connectivity index (χ1n) is 14.2. The van der Waals surface area contributed by atoms with E-state index in [-0.39, 0.29) is 6.10 Å². The molecule has 2 aromatic heterocycles. The van der Waals surface area contributed by atoms with E-state index >= 15 is 0 Å². The van der Waals surface area contributed by atoms with Crippen LogP contribution >= 0.6 is 0 Å². The molecule has 3 fully saturated rings. The Morgan fingerprint density at radius 2 is 1.83 bits per heavy atom. The third-order valence-corrected chi connectivity index (χ3v) is 8.67. The van der Waals surface area contributed by atoms with Gasteiger partial charge in [-0.3, -0.25) is 4.90 Å². The van der Waals surface area contributed by atoms with Gasteiger partial charge in [0.2, 0.25) is 5.88 Å². The second kappa shape index (κ2) is 10.8. The van der Waals surface area contributed by atoms with E-state index in [1.54, 1.807) is 13.2 Å². The zero-order valence-corrected chi connectivity index (χ0v) is 23.4. The summed E-state index contributed by atoms with van der Waals surface area (Å²) < 4.78 is 24.6. The SMILES string of the molecule is COC(=O)c1cc(OC)c2nc(CN3CC4C(C3)C4c3cccc(OCc4ccccc4)n3)n(CC3CCO3)c2c1. The van der Waals surface area contributed by atoms with Crippen LogP contribution in [0.25, 0.3) is 11.0 Å². The highest BCUT2D eigenvalue weighted by Gasteiger charge is 2.57. The molecule has 212 valence electrons. The lowest BCUT2D eigenvalue weighted by atomic mass is 10.1. The summed E-state index contributed by atoms with van der Waals surface area (Å²) in [5.74, 6) is 3.45. The van der Waals surface area contributed by atoms with Crippen molar-refractivity contribution in [1.29, 1.82) is 0 Å². The molecule has 7 rings (SSSR count). The fourth-order valence-electron chi connectivity index (χ4n) is 6.40. The number of piperidine rings is 1. The van der Waals surface area contributed by atoms with Crippen LogP contribution in [0.1, 0.15) is 39.8 Å². The Balaban J connectivity index is 1.06. The molecule has 0 bridgehead atoms. The number of carbonyl (C=O) groups excluding carboxylic acids is 1. The molecule has 9 nitrogen and oxygen atoms in total. The summed E-state index contributed by atoms with van der Waals surface area (Å²) in [6.07, 6.45) is 1.17. The molecule has 3 aliphatic rings. The maximum absolute atomic E-state index is 12.4. The Labute approximate surface area is 239 Å². The summed E-state index contributed by atoms with van der Waals surface area (Å²) >= 11 is 0. The van der Waals surface area contributed by atoms with E-state index in [1.165, 1.54) is 7.11 Å². The molecule has 0 radical (unpaired) electrons. The average molecular weight is 555 g/mol. The first kappa shape index (κ1) is 26.0. The fraction of sp³-hybridized carbons (Fsp3) is 0.406. The summed E-state index contributed by atoms with van der Waals surface area (Å²) in [6, 6.07) is 19.8. The van der Waals surface area contributed by atoms with Crippen molar-refractivity contribution in [3.05, 3.63) is 83.3 Å². The molecule has 1 saturated carbocycles. The number of esters is 1. The Morgan fingerprint density at radius 1 is 1.02 bits per heavy atom. The van der Waals surface area contributed by atoms with Gasteiger partial charge in [0.1, 0.15) is 23.7 Å². The van der Waals surface area contributed by atoms with Gasteiger partial charge in [0.15, 0.2) is 0 Å². The quantitative estimate of drug-likeness (QED) is 0.266. The van der Waals surface area contributed by atoms with E-state index in [4.69, 9.17) is 28.9 Å². The van der Waals surface area contributed by atoms with Crippen molar-refractivity contribution < 1.29 is 23.7 Å². The molecule has 0 amide bonds. The zero-order chi connectivity index (χ0) is 27.9. The van der Waals surface area contributed by atoms with Crippen LogP contribution in [0.4, 0.5) is 0 Å². The van der Waals surface area contributed by atoms with Crippen LogP contribution in [-0.2, 0) is 29.2 Å². The van der Waals surface area contributed by atoms with Crippen LogP contribution in [0.15, 0.2) is 60.7 Å². The van der Waals surface area contributed by atoms with Crippen molar-refractivity contribution in [1.82, 2.24) is 19.4 Å². The molecule has 2 aromatic carbocycles. The zero-order valence-electron chi connectivity index (χ0n) is 23.4. The number of methoxy groups -OCH3 is 2. The second-order valence-corrected chi connectivity index (χ2v) is 11.2. The molecule has 9 heteroatoms. The van der Waals surface area contributed by atoms with Crippen molar-refractivity contribution in [2.24, 2.45) is 11.8 Å². The molecule has 3 atom stereocenters. The van der Waals surface area contributed by atoms with Crippen molar-refractivity contribution in [3.63, 3.8) is 0 Å². The molecule has 2 aliphatic heterocycles. The largest absolute Gasteiger partial charge is 0.494 e. The predicted molar refractivity (Wildman–Crippen MR) is 152 cm³/mol. The third kappa shape index (κ3) is 5.04. The summed E-state index contributed by atoms with van der Waals surface area (Å²) in [6.45, 7) is 4.72. The normalized spacial score (nSPS) is 23.2. The number of aromatic nitrogens is 3. The summed E-state index contributed by atoms with van der Waals surface area (Å²) in [4.78, 5) is 24.7. The molecule has 1 aliphatic carbocycles. The molecular formula is C32H34N4O5. The van der Waals surface area contributed by atoms with Gasteiger partial charge < -0.3 is 23.5 Å². The van der Waals surface area contributed by atoms with E-state index < -0.39 is 5.97 Å². The molecular weight excluding hydrogens is 520 g/mol. The summed E-state index contributed by atoms with van der Waals surface area (Å²) in [5, 5.41) is 0. The topological polar surface area (TPSA) is 87.9 Å². The molecule has 2 saturated heterocycles. The maximum atomic E-state index is 12.4. The van der Waals surface area contributed by atoms with E-state index in [1.807, 2.05) is 30.3 Å². The third-order valence-electron chi connectivity index (χ3n) is 8.67. The van der Waals surface area contributed by atoms with Crippen molar-refractivity contribution >= 4 is 17.0 Å². The first-order chi connectivity index (χ1) is 20.1. The molecule has 4 aromatic rings. The van der Waals surface area contributed by atoms with Gasteiger partial charge in [0, 0.05) is 37.4 Å². The molecule has 0 N–H and O–H groups in total. The number of fused-ring (bicyclic) bond motifs is 2. The fourth-order valence-corrected chi connectivity index (χ4v) is 6.40. The summed E-state index contributed by atoms with van der Waals surface area (Å²) in [7, 11) is 2.99. The number of hydrogen-bond donors (Lipinski definition) is 0. The lowest BCUT2D eigenvalue weighted by Gasteiger charge is -2.28. The Morgan fingerprint density at radius 3 is 2.54 bits per heavy atom. The van der Waals surface area contributed by atoms with Gasteiger partial charge >= 0.3 is 5.97 Å². The van der Waals surface area contributed by atoms with Crippen LogP contribution in [-0.4, -0.2) is 65.4 Å². The van der Waals surface area contributed by atoms with Crippen LogP contribution < -0.4 is 9.47 Å². The minimum atomic E-state index is -0.395. The van der Waals surface area contributed by atoms with Gasteiger partial charge in [0.25, 0.3) is 0 Å². The summed E-state index contributed by atoms with van der Waals surface area (Å²) in [5.41, 5.74) is 4.33. The molecule has 0 spiro atoms. The Kier molecular flexibility index (Phi) is 6.84. The van der Waals surface area contributed by atoms with E-state index in [0.29, 0.717) is 48.1 Å². The van der Waals surface area contributed by atoms with Crippen molar-refractivity contribution in [3.8, 4) is 11.6 Å². The second-order valence-electron chi connectivity index (χ2n) is 11.2. The molecule has 4 heterocycles. The standard InChI is InChI=1S/C32H34N4O5/c1-38-27-14-21(32(37)39-2)13-26-31(27)34-28(36(26)15-22-11-12-40-22)18-35-16-23-24(17-35)30(23)25-9-6-10-29(33-25)41-19-20-7-4-3-5-8-20/h3-10,13-14,22-24,30H,11-12,15-19H2,1-2H3. The minimum absolute atomic E-state index is 0.151. The lowest BCUT2D eigenvalue weighted by molar-refractivity contribution is -0.0591. The van der Waals surface area contributed by atoms with E-state index in [0.717, 1.165) is 60.8 Å². The van der Waals surface area contributed by atoms with Crippen molar-refractivity contribution in [2.45, 2.75) is 38.1 Å². The highest BCUT2D eigenvalue weighted by atomic mass is 16.5. The predicted octanol–water partition coefficient (Wildman–Crippen LogP) is 4.44. The van der Waals surface area contributed by atoms with Gasteiger partial charge in [-0.1, -0.05) is 36.4 Å². The van der Waals surface area contributed by atoms with Gasteiger partial charge in [-0.25, -0.2) is 14.8 Å². The maximum Gasteiger partial charge on any atom is 0.338 e. The van der Waals surface area contributed by atoms with Gasteiger partial charge in [-0.15, -0.1) is 0 Å². The smallest absolute Gasteiger partial charge is 0.338 e. The Hall–Kier alpha value is -3.95. The number of nitrogens with zero attached hydrogens (tertiary/aromatic N) is 4. The van der Waals surface area contributed by atoms with E-state index in [2.05, 4.69) is 33.7 Å².